The Kier molecular flexibility index (Phi) is 3.54. The molecule has 1 heterocycles. The number of rotatable bonds is 4. The number of ether oxygens (including phenoxy) is 1. The van der Waals surface area contributed by atoms with Gasteiger partial charge in [0.2, 0.25) is 0 Å². The summed E-state index contributed by atoms with van der Waals surface area (Å²) in [4.78, 5) is 11.9. The molecule has 0 atom stereocenters. The second kappa shape index (κ2) is 5.49. The highest BCUT2D eigenvalue weighted by molar-refractivity contribution is 5.99. The van der Waals surface area contributed by atoms with E-state index in [-0.39, 0.29) is 5.78 Å². The monoisotopic (exact) mass is 270 g/mol. The number of nitrogens with zero attached hydrogens (tertiary/aromatic N) is 2. The molecule has 1 aliphatic carbocycles. The van der Waals surface area contributed by atoms with Gasteiger partial charge in [-0.2, -0.15) is 5.10 Å². The van der Waals surface area contributed by atoms with Crippen molar-refractivity contribution in [3.05, 3.63) is 47.3 Å². The summed E-state index contributed by atoms with van der Waals surface area (Å²) in [6.45, 7) is 3.40. The zero-order chi connectivity index (χ0) is 13.9. The van der Waals surface area contributed by atoms with Gasteiger partial charge in [-0.1, -0.05) is 12.1 Å². The summed E-state index contributed by atoms with van der Waals surface area (Å²) in [5.74, 6) is 1.07. The van der Waals surface area contributed by atoms with Crippen LogP contribution >= 0.6 is 0 Å². The van der Waals surface area contributed by atoms with E-state index < -0.39 is 0 Å². The van der Waals surface area contributed by atoms with Crippen LogP contribution < -0.4 is 4.74 Å². The number of carbonyl (C=O) groups is 1. The summed E-state index contributed by atoms with van der Waals surface area (Å²) >= 11 is 0. The Morgan fingerprint density at radius 3 is 3.05 bits per heavy atom. The molecule has 0 unspecified atom stereocenters. The molecule has 0 N–H and O–H groups in total. The maximum atomic E-state index is 11.9. The lowest BCUT2D eigenvalue weighted by Gasteiger charge is -2.18. The van der Waals surface area contributed by atoms with Crippen LogP contribution in [0.15, 0.2) is 30.6 Å². The number of ketones is 1. The van der Waals surface area contributed by atoms with Crippen molar-refractivity contribution in [2.75, 3.05) is 0 Å². The fourth-order valence-electron chi connectivity index (χ4n) is 2.60. The number of hydrogen-bond acceptors (Lipinski definition) is 3. The van der Waals surface area contributed by atoms with Crippen LogP contribution in [0.1, 0.15) is 41.3 Å². The van der Waals surface area contributed by atoms with Crippen LogP contribution in [0.5, 0.6) is 5.75 Å². The van der Waals surface area contributed by atoms with E-state index in [2.05, 4.69) is 12.0 Å². The normalized spacial score (nSPS) is 14.2. The first-order valence-electron chi connectivity index (χ1n) is 7.07. The first kappa shape index (κ1) is 12.9. The molecule has 0 fully saturated rings. The van der Waals surface area contributed by atoms with Crippen LogP contribution in [0, 0.1) is 0 Å². The topological polar surface area (TPSA) is 44.1 Å². The van der Waals surface area contributed by atoms with Crippen molar-refractivity contribution >= 4 is 5.78 Å². The van der Waals surface area contributed by atoms with Crippen molar-refractivity contribution < 1.29 is 9.53 Å². The zero-order valence-electron chi connectivity index (χ0n) is 11.6. The third-order valence-corrected chi connectivity index (χ3v) is 3.67. The van der Waals surface area contributed by atoms with Gasteiger partial charge in [0, 0.05) is 35.9 Å². The largest absolute Gasteiger partial charge is 0.488 e. The zero-order valence-corrected chi connectivity index (χ0v) is 11.6. The molecule has 0 bridgehead atoms. The molecule has 2 aromatic rings. The lowest BCUT2D eigenvalue weighted by Crippen LogP contribution is -2.12. The number of hydrogen-bond donors (Lipinski definition) is 0. The Morgan fingerprint density at radius 1 is 1.35 bits per heavy atom. The van der Waals surface area contributed by atoms with E-state index in [0.29, 0.717) is 13.0 Å². The molecule has 20 heavy (non-hydrogen) atoms. The van der Waals surface area contributed by atoms with Gasteiger partial charge in [-0.3, -0.25) is 9.48 Å². The molecule has 4 nitrogen and oxygen atoms in total. The Morgan fingerprint density at radius 2 is 2.25 bits per heavy atom. The average molecular weight is 270 g/mol. The Hall–Kier alpha value is -2.10. The fraction of sp³-hybridized carbons (Fsp3) is 0.375. The molecule has 104 valence electrons. The lowest BCUT2D eigenvalue weighted by molar-refractivity contribution is 0.0971. The highest BCUT2D eigenvalue weighted by Gasteiger charge is 2.20. The maximum absolute atomic E-state index is 11.9. The third-order valence-electron chi connectivity index (χ3n) is 3.67. The number of Topliss-reactive ketones (excluding diaryl/α,β-unsaturated/α-hetero) is 1. The summed E-state index contributed by atoms with van der Waals surface area (Å²) in [5, 5.41) is 4.23. The quantitative estimate of drug-likeness (QED) is 0.857. The van der Waals surface area contributed by atoms with Gasteiger partial charge < -0.3 is 4.74 Å². The third kappa shape index (κ3) is 2.46. The van der Waals surface area contributed by atoms with E-state index in [9.17, 15) is 4.79 Å². The molecular weight excluding hydrogens is 252 g/mol. The van der Waals surface area contributed by atoms with Crippen LogP contribution in [0.3, 0.4) is 0 Å². The number of fused-ring (bicyclic) bond motifs is 1. The standard InChI is InChI=1S/C16H18N2O2/c1-2-18-10-12(9-17-18)11-20-16-8-4-5-13-14(16)6-3-7-15(13)19/h4-5,8-10H,2-3,6-7,11H2,1H3. The molecule has 1 aliphatic rings. The first-order chi connectivity index (χ1) is 9.78. The van der Waals surface area contributed by atoms with Gasteiger partial charge in [-0.25, -0.2) is 0 Å². The van der Waals surface area contributed by atoms with Crippen molar-refractivity contribution in [2.24, 2.45) is 0 Å². The molecule has 0 amide bonds. The van der Waals surface area contributed by atoms with Gasteiger partial charge in [-0.05, 0) is 25.8 Å². The maximum Gasteiger partial charge on any atom is 0.163 e. The van der Waals surface area contributed by atoms with Crippen LogP contribution in [-0.4, -0.2) is 15.6 Å². The molecule has 3 rings (SSSR count). The van der Waals surface area contributed by atoms with E-state index in [1.54, 1.807) is 0 Å². The molecule has 0 radical (unpaired) electrons. The van der Waals surface area contributed by atoms with Crippen molar-refractivity contribution in [2.45, 2.75) is 39.3 Å². The van der Waals surface area contributed by atoms with Gasteiger partial charge in [0.1, 0.15) is 12.4 Å². The van der Waals surface area contributed by atoms with Crippen molar-refractivity contribution in [1.82, 2.24) is 9.78 Å². The Balaban J connectivity index is 1.77. The highest BCUT2D eigenvalue weighted by Crippen LogP contribution is 2.30. The summed E-state index contributed by atoms with van der Waals surface area (Å²) in [7, 11) is 0. The van der Waals surface area contributed by atoms with E-state index >= 15 is 0 Å². The van der Waals surface area contributed by atoms with Gasteiger partial charge >= 0.3 is 0 Å². The smallest absolute Gasteiger partial charge is 0.163 e. The molecule has 0 saturated heterocycles. The molecule has 1 aromatic heterocycles. The lowest BCUT2D eigenvalue weighted by atomic mass is 9.90. The SMILES string of the molecule is CCn1cc(COc2cccc3c2CCCC3=O)cn1. The molecule has 4 heteroatoms. The Labute approximate surface area is 118 Å². The first-order valence-corrected chi connectivity index (χ1v) is 7.07. The summed E-state index contributed by atoms with van der Waals surface area (Å²) in [5.41, 5.74) is 2.94. The van der Waals surface area contributed by atoms with Crippen molar-refractivity contribution in [1.29, 1.82) is 0 Å². The van der Waals surface area contributed by atoms with Gasteiger partial charge in [0.05, 0.1) is 6.20 Å². The van der Waals surface area contributed by atoms with Crippen LogP contribution in [0.25, 0.3) is 0 Å². The molecule has 0 aliphatic heterocycles. The van der Waals surface area contributed by atoms with Crippen LogP contribution in [0.2, 0.25) is 0 Å². The molecule has 1 aromatic carbocycles. The Bertz CT molecular complexity index is 631. The van der Waals surface area contributed by atoms with E-state index in [4.69, 9.17) is 4.74 Å². The van der Waals surface area contributed by atoms with Crippen LogP contribution in [-0.2, 0) is 19.6 Å². The van der Waals surface area contributed by atoms with Gasteiger partial charge in [0.15, 0.2) is 5.78 Å². The number of benzene rings is 1. The summed E-state index contributed by atoms with van der Waals surface area (Å²) in [6.07, 6.45) is 6.30. The number of aryl methyl sites for hydroxylation is 1. The molecule has 0 saturated carbocycles. The predicted octanol–water partition coefficient (Wildman–Crippen LogP) is 3.00. The summed E-state index contributed by atoms with van der Waals surface area (Å²) < 4.78 is 7.77. The van der Waals surface area contributed by atoms with Crippen molar-refractivity contribution in [3.63, 3.8) is 0 Å². The van der Waals surface area contributed by atoms with E-state index in [1.165, 1.54) is 0 Å². The van der Waals surface area contributed by atoms with Gasteiger partial charge in [-0.15, -0.1) is 0 Å². The van der Waals surface area contributed by atoms with E-state index in [0.717, 1.165) is 41.8 Å². The second-order valence-electron chi connectivity index (χ2n) is 5.05. The number of aromatic nitrogens is 2. The molecular formula is C16H18N2O2. The molecule has 0 spiro atoms. The van der Waals surface area contributed by atoms with E-state index in [1.807, 2.05) is 35.3 Å². The minimum absolute atomic E-state index is 0.232. The average Bonchev–Trinajstić information content (AvgIpc) is 2.94. The highest BCUT2D eigenvalue weighted by atomic mass is 16.5. The summed E-state index contributed by atoms with van der Waals surface area (Å²) in [6, 6.07) is 5.74. The predicted molar refractivity (Wildman–Crippen MR) is 75.9 cm³/mol. The fourth-order valence-corrected chi connectivity index (χ4v) is 2.60. The minimum Gasteiger partial charge on any atom is -0.488 e. The van der Waals surface area contributed by atoms with Crippen molar-refractivity contribution in [3.8, 4) is 5.75 Å². The minimum atomic E-state index is 0.232. The van der Waals surface area contributed by atoms with Gasteiger partial charge in [0.25, 0.3) is 0 Å². The number of carbonyl (C=O) groups excluding carboxylic acids is 1. The second-order valence-corrected chi connectivity index (χ2v) is 5.05. The van der Waals surface area contributed by atoms with Crippen LogP contribution in [0.4, 0.5) is 0 Å².